The molecule has 0 aliphatic carbocycles. The van der Waals surface area contributed by atoms with Crippen LogP contribution in [0.25, 0.3) is 0 Å². The van der Waals surface area contributed by atoms with Gasteiger partial charge < -0.3 is 15.7 Å². The van der Waals surface area contributed by atoms with Crippen LogP contribution in [0, 0.1) is 0 Å². The SMILES string of the molecule is CCNc1ccc(Cl)cc1C(=O)N[C@@H](C)CCO. The molecule has 4 nitrogen and oxygen atoms in total. The first-order valence-corrected chi connectivity index (χ1v) is 6.41. The monoisotopic (exact) mass is 270 g/mol. The van der Waals surface area contributed by atoms with Crippen LogP contribution in [0.5, 0.6) is 0 Å². The third-order valence-electron chi connectivity index (χ3n) is 2.53. The second kappa shape index (κ2) is 7.24. The fourth-order valence-corrected chi connectivity index (χ4v) is 1.79. The van der Waals surface area contributed by atoms with Crippen molar-refractivity contribution in [3.05, 3.63) is 28.8 Å². The van der Waals surface area contributed by atoms with Crippen molar-refractivity contribution in [3.63, 3.8) is 0 Å². The number of halogens is 1. The normalized spacial score (nSPS) is 12.0. The van der Waals surface area contributed by atoms with Gasteiger partial charge in [0.1, 0.15) is 0 Å². The first kappa shape index (κ1) is 14.8. The van der Waals surface area contributed by atoms with E-state index in [1.54, 1.807) is 18.2 Å². The van der Waals surface area contributed by atoms with Crippen LogP contribution in [0.15, 0.2) is 18.2 Å². The topological polar surface area (TPSA) is 61.4 Å². The highest BCUT2D eigenvalue weighted by atomic mass is 35.5. The lowest BCUT2D eigenvalue weighted by molar-refractivity contribution is 0.0935. The van der Waals surface area contributed by atoms with Crippen LogP contribution in [-0.4, -0.2) is 30.2 Å². The maximum atomic E-state index is 12.1. The molecule has 0 spiro atoms. The third kappa shape index (κ3) is 4.20. The van der Waals surface area contributed by atoms with Crippen molar-refractivity contribution in [2.75, 3.05) is 18.5 Å². The van der Waals surface area contributed by atoms with Crippen LogP contribution >= 0.6 is 11.6 Å². The Kier molecular flexibility index (Phi) is 5.95. The number of aliphatic hydroxyl groups excluding tert-OH is 1. The minimum absolute atomic E-state index is 0.0526. The molecule has 0 heterocycles. The summed E-state index contributed by atoms with van der Waals surface area (Å²) in [6, 6.07) is 5.10. The van der Waals surface area contributed by atoms with Crippen LogP contribution in [0.3, 0.4) is 0 Å². The molecule has 0 aliphatic rings. The van der Waals surface area contributed by atoms with Gasteiger partial charge in [-0.25, -0.2) is 0 Å². The zero-order chi connectivity index (χ0) is 13.5. The summed E-state index contributed by atoms with van der Waals surface area (Å²) in [5, 5.41) is 15.3. The first-order chi connectivity index (χ1) is 8.58. The molecule has 0 saturated heterocycles. The van der Waals surface area contributed by atoms with Crippen molar-refractivity contribution in [3.8, 4) is 0 Å². The van der Waals surface area contributed by atoms with Crippen LogP contribution in [0.2, 0.25) is 5.02 Å². The van der Waals surface area contributed by atoms with E-state index in [-0.39, 0.29) is 18.6 Å². The largest absolute Gasteiger partial charge is 0.396 e. The van der Waals surface area contributed by atoms with Crippen molar-refractivity contribution >= 4 is 23.2 Å². The molecule has 0 aliphatic heterocycles. The maximum absolute atomic E-state index is 12.1. The van der Waals surface area contributed by atoms with Gasteiger partial charge in [-0.15, -0.1) is 0 Å². The van der Waals surface area contributed by atoms with E-state index in [0.29, 0.717) is 17.0 Å². The van der Waals surface area contributed by atoms with E-state index in [0.717, 1.165) is 12.2 Å². The number of amides is 1. The summed E-state index contributed by atoms with van der Waals surface area (Å²) in [6.07, 6.45) is 0.531. The van der Waals surface area contributed by atoms with E-state index in [4.69, 9.17) is 16.7 Å². The molecule has 0 fully saturated rings. The molecule has 1 atom stereocenters. The highest BCUT2D eigenvalue weighted by molar-refractivity contribution is 6.31. The Bertz CT molecular complexity index is 410. The van der Waals surface area contributed by atoms with E-state index >= 15 is 0 Å². The van der Waals surface area contributed by atoms with Gasteiger partial charge in [0.15, 0.2) is 0 Å². The molecular formula is C13H19ClN2O2. The lowest BCUT2D eigenvalue weighted by Gasteiger charge is -2.15. The molecule has 1 aromatic carbocycles. The molecule has 0 unspecified atom stereocenters. The quantitative estimate of drug-likeness (QED) is 0.743. The predicted molar refractivity (Wildman–Crippen MR) is 74.2 cm³/mol. The fourth-order valence-electron chi connectivity index (χ4n) is 1.62. The van der Waals surface area contributed by atoms with Gasteiger partial charge in [0.2, 0.25) is 0 Å². The number of hydrogen-bond donors (Lipinski definition) is 3. The molecule has 0 saturated carbocycles. The zero-order valence-electron chi connectivity index (χ0n) is 10.7. The Labute approximate surface area is 112 Å². The van der Waals surface area contributed by atoms with Crippen molar-refractivity contribution in [2.45, 2.75) is 26.3 Å². The summed E-state index contributed by atoms with van der Waals surface area (Å²) in [6.45, 7) is 4.60. The summed E-state index contributed by atoms with van der Waals surface area (Å²) in [5.41, 5.74) is 1.28. The Hall–Kier alpha value is -1.26. The molecule has 1 aromatic rings. The number of rotatable bonds is 6. The van der Waals surface area contributed by atoms with Crippen molar-refractivity contribution in [1.29, 1.82) is 0 Å². The lowest BCUT2D eigenvalue weighted by Crippen LogP contribution is -2.33. The zero-order valence-corrected chi connectivity index (χ0v) is 11.4. The number of anilines is 1. The Morgan fingerprint density at radius 3 is 2.83 bits per heavy atom. The highest BCUT2D eigenvalue weighted by Gasteiger charge is 2.14. The third-order valence-corrected chi connectivity index (χ3v) is 2.77. The number of benzene rings is 1. The van der Waals surface area contributed by atoms with E-state index in [1.807, 2.05) is 13.8 Å². The molecule has 18 heavy (non-hydrogen) atoms. The summed E-state index contributed by atoms with van der Waals surface area (Å²) < 4.78 is 0. The number of carbonyl (C=O) groups is 1. The van der Waals surface area contributed by atoms with Crippen LogP contribution in [0.1, 0.15) is 30.6 Å². The number of carbonyl (C=O) groups excluding carboxylic acids is 1. The standard InChI is InChI=1S/C13H19ClN2O2/c1-3-15-12-5-4-10(14)8-11(12)13(18)16-9(2)6-7-17/h4-5,8-9,15,17H,3,6-7H2,1-2H3,(H,16,18)/t9-/m0/s1. The summed E-state index contributed by atoms with van der Waals surface area (Å²) in [4.78, 5) is 12.1. The molecule has 0 radical (unpaired) electrons. The Balaban J connectivity index is 2.85. The lowest BCUT2D eigenvalue weighted by atomic mass is 10.1. The van der Waals surface area contributed by atoms with E-state index in [1.165, 1.54) is 0 Å². The number of nitrogens with one attached hydrogen (secondary N) is 2. The Morgan fingerprint density at radius 1 is 1.50 bits per heavy atom. The maximum Gasteiger partial charge on any atom is 0.253 e. The van der Waals surface area contributed by atoms with Crippen molar-refractivity contribution in [1.82, 2.24) is 5.32 Å². The molecule has 5 heteroatoms. The minimum atomic E-state index is -0.186. The van der Waals surface area contributed by atoms with Gasteiger partial charge in [-0.3, -0.25) is 4.79 Å². The molecule has 0 aromatic heterocycles. The van der Waals surface area contributed by atoms with Crippen LogP contribution in [0.4, 0.5) is 5.69 Å². The Morgan fingerprint density at radius 2 is 2.22 bits per heavy atom. The van der Waals surface area contributed by atoms with E-state index in [2.05, 4.69) is 10.6 Å². The second-order valence-corrected chi connectivity index (χ2v) is 4.54. The number of hydrogen-bond acceptors (Lipinski definition) is 3. The first-order valence-electron chi connectivity index (χ1n) is 6.03. The van der Waals surface area contributed by atoms with Gasteiger partial charge in [-0.05, 0) is 38.5 Å². The van der Waals surface area contributed by atoms with E-state index in [9.17, 15) is 4.79 Å². The molecule has 1 rings (SSSR count). The van der Waals surface area contributed by atoms with Crippen molar-refractivity contribution in [2.24, 2.45) is 0 Å². The molecule has 0 bridgehead atoms. The molecule has 100 valence electrons. The van der Waals surface area contributed by atoms with Crippen LogP contribution < -0.4 is 10.6 Å². The van der Waals surface area contributed by atoms with Gasteiger partial charge in [-0.2, -0.15) is 0 Å². The van der Waals surface area contributed by atoms with Gasteiger partial charge in [0.05, 0.1) is 5.56 Å². The highest BCUT2D eigenvalue weighted by Crippen LogP contribution is 2.20. The van der Waals surface area contributed by atoms with Gasteiger partial charge in [0, 0.05) is 29.9 Å². The van der Waals surface area contributed by atoms with Gasteiger partial charge in [-0.1, -0.05) is 11.6 Å². The summed E-state index contributed by atoms with van der Waals surface area (Å²) in [7, 11) is 0. The van der Waals surface area contributed by atoms with Gasteiger partial charge >= 0.3 is 0 Å². The van der Waals surface area contributed by atoms with Crippen molar-refractivity contribution < 1.29 is 9.90 Å². The predicted octanol–water partition coefficient (Wildman–Crippen LogP) is 2.27. The molecule has 1 amide bonds. The summed E-state index contributed by atoms with van der Waals surface area (Å²) in [5.74, 6) is -0.186. The van der Waals surface area contributed by atoms with E-state index < -0.39 is 0 Å². The molecule has 3 N–H and O–H groups in total. The minimum Gasteiger partial charge on any atom is -0.396 e. The summed E-state index contributed by atoms with van der Waals surface area (Å²) >= 11 is 5.91. The van der Waals surface area contributed by atoms with Gasteiger partial charge in [0.25, 0.3) is 5.91 Å². The fraction of sp³-hybridized carbons (Fsp3) is 0.462. The van der Waals surface area contributed by atoms with Crippen LogP contribution in [-0.2, 0) is 0 Å². The average Bonchev–Trinajstić information content (AvgIpc) is 2.32. The number of aliphatic hydroxyl groups is 1. The molecular weight excluding hydrogens is 252 g/mol. The average molecular weight is 271 g/mol. The smallest absolute Gasteiger partial charge is 0.253 e. The second-order valence-electron chi connectivity index (χ2n) is 4.11.